The maximum atomic E-state index is 12.9. The molecule has 9 nitrogen and oxygen atoms in total. The van der Waals surface area contributed by atoms with Crippen LogP contribution in [0.25, 0.3) is 27.7 Å². The first-order chi connectivity index (χ1) is 15.5. The first kappa shape index (κ1) is 20.6. The Kier molecular flexibility index (Phi) is 5.16. The van der Waals surface area contributed by atoms with Crippen molar-refractivity contribution in [2.24, 2.45) is 0 Å². The molecule has 3 aromatic heterocycles. The third-order valence-corrected chi connectivity index (χ3v) is 6.19. The van der Waals surface area contributed by atoms with E-state index in [2.05, 4.69) is 25.7 Å². The highest BCUT2D eigenvalue weighted by Gasteiger charge is 2.29. The van der Waals surface area contributed by atoms with Crippen molar-refractivity contribution in [3.63, 3.8) is 0 Å². The smallest absolute Gasteiger partial charge is 0.244 e. The summed E-state index contributed by atoms with van der Waals surface area (Å²) in [7, 11) is 1.59. The lowest BCUT2D eigenvalue weighted by Crippen LogP contribution is -2.36. The molecule has 0 radical (unpaired) electrons. The molecule has 0 bridgehead atoms. The van der Waals surface area contributed by atoms with Gasteiger partial charge in [0.1, 0.15) is 17.7 Å². The van der Waals surface area contributed by atoms with Gasteiger partial charge in [-0.05, 0) is 56.4 Å². The van der Waals surface area contributed by atoms with Crippen molar-refractivity contribution >= 4 is 22.5 Å². The molecule has 0 aliphatic heterocycles. The molecule has 0 saturated heterocycles. The number of aromatic nitrogens is 6. The largest absolute Gasteiger partial charge is 0.479 e. The summed E-state index contributed by atoms with van der Waals surface area (Å²) in [5.41, 5.74) is 3.45. The molecule has 32 heavy (non-hydrogen) atoms. The SMILES string of the molecule is COc1nc(N[C@H]2CC[C@](C)(O)CC2)nn2ccc(-c3ccc4nnn(CCF)c4c3)c12. The van der Waals surface area contributed by atoms with E-state index in [1.807, 2.05) is 37.4 Å². The highest BCUT2D eigenvalue weighted by Crippen LogP contribution is 2.34. The Labute approximate surface area is 184 Å². The van der Waals surface area contributed by atoms with E-state index in [9.17, 15) is 9.50 Å². The van der Waals surface area contributed by atoms with E-state index < -0.39 is 12.3 Å². The quantitative estimate of drug-likeness (QED) is 0.475. The molecule has 1 fully saturated rings. The predicted octanol–water partition coefficient (Wildman–Crippen LogP) is 3.22. The topological polar surface area (TPSA) is 102 Å². The van der Waals surface area contributed by atoms with Crippen LogP contribution in [0.15, 0.2) is 30.5 Å². The van der Waals surface area contributed by atoms with Gasteiger partial charge in [-0.25, -0.2) is 13.6 Å². The lowest BCUT2D eigenvalue weighted by Gasteiger charge is -2.33. The number of hydrogen-bond acceptors (Lipinski definition) is 7. The van der Waals surface area contributed by atoms with E-state index in [0.717, 1.165) is 47.8 Å². The van der Waals surface area contributed by atoms with Crippen LogP contribution in [0, 0.1) is 0 Å². The summed E-state index contributed by atoms with van der Waals surface area (Å²) in [6, 6.07) is 7.93. The van der Waals surface area contributed by atoms with Gasteiger partial charge in [-0.1, -0.05) is 11.3 Å². The minimum absolute atomic E-state index is 0.161. The average Bonchev–Trinajstić information content (AvgIpc) is 3.39. The Morgan fingerprint density at radius 1 is 1.28 bits per heavy atom. The molecule has 1 aliphatic rings. The zero-order valence-electron chi connectivity index (χ0n) is 18.1. The van der Waals surface area contributed by atoms with Gasteiger partial charge in [-0.3, -0.25) is 0 Å². The Hall–Kier alpha value is -3.27. The summed E-state index contributed by atoms with van der Waals surface area (Å²) in [6.07, 6.45) is 5.07. The van der Waals surface area contributed by atoms with Crippen molar-refractivity contribution in [2.45, 2.75) is 50.8 Å². The van der Waals surface area contributed by atoms with Gasteiger partial charge in [0, 0.05) is 17.8 Å². The van der Waals surface area contributed by atoms with Crippen molar-refractivity contribution in [1.82, 2.24) is 29.6 Å². The number of hydrogen-bond donors (Lipinski definition) is 2. The van der Waals surface area contributed by atoms with Crippen LogP contribution in [0.4, 0.5) is 10.3 Å². The number of anilines is 1. The maximum absolute atomic E-state index is 12.9. The number of methoxy groups -OCH3 is 1. The van der Waals surface area contributed by atoms with Gasteiger partial charge >= 0.3 is 0 Å². The maximum Gasteiger partial charge on any atom is 0.244 e. The first-order valence-electron chi connectivity index (χ1n) is 10.8. The number of alkyl halides is 1. The van der Waals surface area contributed by atoms with Crippen LogP contribution in [0.2, 0.25) is 0 Å². The van der Waals surface area contributed by atoms with Crippen LogP contribution in [-0.2, 0) is 6.54 Å². The highest BCUT2D eigenvalue weighted by molar-refractivity contribution is 5.89. The van der Waals surface area contributed by atoms with Gasteiger partial charge in [0.2, 0.25) is 11.8 Å². The van der Waals surface area contributed by atoms with Crippen LogP contribution >= 0.6 is 0 Å². The van der Waals surface area contributed by atoms with Gasteiger partial charge in [0.25, 0.3) is 0 Å². The van der Waals surface area contributed by atoms with E-state index in [1.165, 1.54) is 0 Å². The number of benzene rings is 1. The molecule has 168 valence electrons. The summed E-state index contributed by atoms with van der Waals surface area (Å²) < 4.78 is 21.8. The van der Waals surface area contributed by atoms with Crippen molar-refractivity contribution in [1.29, 1.82) is 0 Å². The molecule has 3 heterocycles. The fourth-order valence-electron chi connectivity index (χ4n) is 4.37. The lowest BCUT2D eigenvalue weighted by molar-refractivity contribution is 0.0195. The third-order valence-electron chi connectivity index (χ3n) is 6.19. The molecule has 1 saturated carbocycles. The minimum Gasteiger partial charge on any atom is -0.479 e. The van der Waals surface area contributed by atoms with E-state index in [-0.39, 0.29) is 12.6 Å². The van der Waals surface area contributed by atoms with E-state index in [1.54, 1.807) is 16.3 Å². The summed E-state index contributed by atoms with van der Waals surface area (Å²) >= 11 is 0. The van der Waals surface area contributed by atoms with E-state index in [4.69, 9.17) is 4.74 Å². The molecule has 0 spiro atoms. The van der Waals surface area contributed by atoms with E-state index in [0.29, 0.717) is 17.3 Å². The fraction of sp³-hybridized carbons (Fsp3) is 0.455. The number of nitrogens with zero attached hydrogens (tertiary/aromatic N) is 6. The number of nitrogens with one attached hydrogen (secondary N) is 1. The Bertz CT molecular complexity index is 1260. The Morgan fingerprint density at radius 3 is 2.84 bits per heavy atom. The number of fused-ring (bicyclic) bond motifs is 2. The van der Waals surface area contributed by atoms with Gasteiger partial charge < -0.3 is 15.2 Å². The summed E-state index contributed by atoms with van der Waals surface area (Å²) in [5.74, 6) is 0.949. The second kappa shape index (κ2) is 8.01. The molecule has 4 aromatic rings. The van der Waals surface area contributed by atoms with Crippen LogP contribution in [0.3, 0.4) is 0 Å². The number of ether oxygens (including phenoxy) is 1. The summed E-state index contributed by atoms with van der Waals surface area (Å²) in [4.78, 5) is 4.60. The highest BCUT2D eigenvalue weighted by atomic mass is 19.1. The van der Waals surface area contributed by atoms with Crippen LogP contribution < -0.4 is 10.1 Å². The zero-order chi connectivity index (χ0) is 22.3. The molecular weight excluding hydrogens is 413 g/mol. The zero-order valence-corrected chi connectivity index (χ0v) is 18.1. The molecule has 10 heteroatoms. The molecular formula is C22H26FN7O2. The normalized spacial score (nSPS) is 21.3. The third kappa shape index (κ3) is 3.75. The average molecular weight is 439 g/mol. The molecule has 1 aliphatic carbocycles. The van der Waals surface area contributed by atoms with E-state index >= 15 is 0 Å². The van der Waals surface area contributed by atoms with Crippen molar-refractivity contribution in [3.05, 3.63) is 30.5 Å². The Balaban J connectivity index is 1.49. The predicted molar refractivity (Wildman–Crippen MR) is 119 cm³/mol. The standard InChI is InChI=1S/C22H26FN7O2/c1-22(31)8-5-15(6-9-22)24-21-25-20(32-2)19-16(7-11-30(19)27-21)14-3-4-17-18(13-14)29(12-10-23)28-26-17/h3-4,7,11,13,15,31H,5-6,8-10,12H2,1-2H3,(H,24,27)/t15-,22-. The number of rotatable bonds is 6. The summed E-state index contributed by atoms with van der Waals surface area (Å²) in [5, 5.41) is 26.3. The minimum atomic E-state index is -0.591. The monoisotopic (exact) mass is 439 g/mol. The molecule has 1 aromatic carbocycles. The van der Waals surface area contributed by atoms with Crippen molar-refractivity contribution < 1.29 is 14.2 Å². The molecule has 0 amide bonds. The van der Waals surface area contributed by atoms with Crippen LogP contribution in [0.5, 0.6) is 5.88 Å². The van der Waals surface area contributed by atoms with Crippen LogP contribution in [0.1, 0.15) is 32.6 Å². The number of halogens is 1. The molecule has 2 N–H and O–H groups in total. The molecule has 0 atom stereocenters. The van der Waals surface area contributed by atoms with Gasteiger partial charge in [-0.2, -0.15) is 4.98 Å². The van der Waals surface area contributed by atoms with Gasteiger partial charge in [-0.15, -0.1) is 10.2 Å². The lowest BCUT2D eigenvalue weighted by atomic mass is 9.84. The second-order valence-corrected chi connectivity index (χ2v) is 8.59. The Morgan fingerprint density at radius 2 is 2.09 bits per heavy atom. The fourth-order valence-corrected chi connectivity index (χ4v) is 4.37. The molecule has 0 unspecified atom stereocenters. The number of aliphatic hydroxyl groups is 1. The van der Waals surface area contributed by atoms with Crippen molar-refractivity contribution in [3.8, 4) is 17.0 Å². The number of aryl methyl sites for hydroxylation is 1. The van der Waals surface area contributed by atoms with Crippen molar-refractivity contribution in [2.75, 3.05) is 19.1 Å². The second-order valence-electron chi connectivity index (χ2n) is 8.59. The van der Waals surface area contributed by atoms with Crippen LogP contribution in [-0.4, -0.2) is 60.1 Å². The first-order valence-corrected chi connectivity index (χ1v) is 10.8. The molecule has 5 rings (SSSR count). The van der Waals surface area contributed by atoms with Gasteiger partial charge in [0.05, 0.1) is 24.8 Å². The van der Waals surface area contributed by atoms with Gasteiger partial charge in [0.15, 0.2) is 0 Å². The summed E-state index contributed by atoms with van der Waals surface area (Å²) in [6.45, 7) is 1.54.